The zero-order valence-corrected chi connectivity index (χ0v) is 15.3. The summed E-state index contributed by atoms with van der Waals surface area (Å²) in [6.07, 6.45) is 7.00. The predicted molar refractivity (Wildman–Crippen MR) is 96.1 cm³/mol. The third kappa shape index (κ3) is 3.71. The van der Waals surface area contributed by atoms with Gasteiger partial charge in [-0.2, -0.15) is 0 Å². The van der Waals surface area contributed by atoms with Gasteiger partial charge in [0, 0.05) is 37.5 Å². The van der Waals surface area contributed by atoms with E-state index in [1.54, 1.807) is 18.3 Å². The van der Waals surface area contributed by atoms with E-state index >= 15 is 0 Å². The molecule has 0 radical (unpaired) electrons. The van der Waals surface area contributed by atoms with Crippen molar-refractivity contribution in [3.63, 3.8) is 0 Å². The minimum atomic E-state index is 0.0120. The minimum Gasteiger partial charge on any atom is -0.477 e. The second kappa shape index (κ2) is 7.05. The smallest absolute Gasteiger partial charge is 0.255 e. The van der Waals surface area contributed by atoms with E-state index in [-0.39, 0.29) is 11.9 Å². The highest BCUT2D eigenvalue weighted by atomic mass is 16.5. The standard InChI is InChI=1S/C19H25N5O2/c1-13(2)12-26-18-6-5-15(9-20-18)19(25)23-8-7-16(10-23)24-11-17(21-22-24)14-3-4-14/h5-6,9,11,13-14,16H,3-4,7-8,10,12H2,1-2H3. The molecule has 2 aromatic rings. The van der Waals surface area contributed by atoms with Gasteiger partial charge in [0.2, 0.25) is 5.88 Å². The molecule has 26 heavy (non-hydrogen) atoms. The summed E-state index contributed by atoms with van der Waals surface area (Å²) in [7, 11) is 0. The first-order valence-electron chi connectivity index (χ1n) is 9.40. The summed E-state index contributed by atoms with van der Waals surface area (Å²) >= 11 is 0. The van der Waals surface area contributed by atoms with Gasteiger partial charge in [0.05, 0.1) is 23.9 Å². The fourth-order valence-electron chi connectivity index (χ4n) is 3.20. The lowest BCUT2D eigenvalue weighted by Crippen LogP contribution is -2.29. The molecule has 1 aliphatic carbocycles. The van der Waals surface area contributed by atoms with Gasteiger partial charge in [-0.05, 0) is 31.2 Å². The summed E-state index contributed by atoms with van der Waals surface area (Å²) in [6, 6.07) is 3.77. The summed E-state index contributed by atoms with van der Waals surface area (Å²) in [5.74, 6) is 1.62. The minimum absolute atomic E-state index is 0.0120. The van der Waals surface area contributed by atoms with Crippen LogP contribution in [0.2, 0.25) is 0 Å². The van der Waals surface area contributed by atoms with Crippen LogP contribution in [-0.4, -0.2) is 50.5 Å². The molecular weight excluding hydrogens is 330 g/mol. The van der Waals surface area contributed by atoms with Crippen LogP contribution >= 0.6 is 0 Å². The molecular formula is C19H25N5O2. The molecule has 1 aliphatic heterocycles. The second-order valence-electron chi connectivity index (χ2n) is 7.68. The number of amides is 1. The zero-order valence-electron chi connectivity index (χ0n) is 15.3. The molecule has 0 bridgehead atoms. The van der Waals surface area contributed by atoms with E-state index in [9.17, 15) is 4.79 Å². The maximum absolute atomic E-state index is 12.7. The van der Waals surface area contributed by atoms with Crippen molar-refractivity contribution < 1.29 is 9.53 Å². The van der Waals surface area contributed by atoms with E-state index in [2.05, 4.69) is 35.3 Å². The number of ether oxygens (including phenoxy) is 1. The molecule has 0 aromatic carbocycles. The topological polar surface area (TPSA) is 73.1 Å². The molecule has 1 unspecified atom stereocenters. The number of nitrogens with zero attached hydrogens (tertiary/aromatic N) is 5. The van der Waals surface area contributed by atoms with Crippen LogP contribution in [0.4, 0.5) is 0 Å². The molecule has 2 aromatic heterocycles. The quantitative estimate of drug-likeness (QED) is 0.796. The molecule has 2 aliphatic rings. The lowest BCUT2D eigenvalue weighted by molar-refractivity contribution is 0.0786. The summed E-state index contributed by atoms with van der Waals surface area (Å²) < 4.78 is 7.51. The van der Waals surface area contributed by atoms with Gasteiger partial charge < -0.3 is 9.64 Å². The Balaban J connectivity index is 1.36. The van der Waals surface area contributed by atoms with Crippen molar-refractivity contribution in [1.82, 2.24) is 24.9 Å². The number of carbonyl (C=O) groups excluding carboxylic acids is 1. The normalized spacial score (nSPS) is 20.0. The number of likely N-dealkylation sites (tertiary alicyclic amines) is 1. The summed E-state index contributed by atoms with van der Waals surface area (Å²) in [4.78, 5) is 18.8. The van der Waals surface area contributed by atoms with Gasteiger partial charge in [0.1, 0.15) is 0 Å². The second-order valence-corrected chi connectivity index (χ2v) is 7.68. The summed E-state index contributed by atoms with van der Waals surface area (Å²) in [6.45, 7) is 6.19. The Morgan fingerprint density at radius 2 is 2.15 bits per heavy atom. The number of carbonyl (C=O) groups is 1. The Labute approximate surface area is 153 Å². The van der Waals surface area contributed by atoms with Crippen molar-refractivity contribution in [1.29, 1.82) is 0 Å². The van der Waals surface area contributed by atoms with Gasteiger partial charge in [-0.15, -0.1) is 5.10 Å². The van der Waals surface area contributed by atoms with Crippen LogP contribution in [0.3, 0.4) is 0 Å². The van der Waals surface area contributed by atoms with Gasteiger partial charge in [-0.1, -0.05) is 19.1 Å². The SMILES string of the molecule is CC(C)COc1ccc(C(=O)N2CCC(n3cc(C4CC4)nn3)C2)cn1. The highest BCUT2D eigenvalue weighted by Crippen LogP contribution is 2.39. The van der Waals surface area contributed by atoms with Crippen LogP contribution < -0.4 is 4.74 Å². The molecule has 1 saturated heterocycles. The van der Waals surface area contributed by atoms with Gasteiger partial charge in [-0.3, -0.25) is 4.79 Å². The molecule has 138 valence electrons. The number of hydrogen-bond acceptors (Lipinski definition) is 5. The lowest BCUT2D eigenvalue weighted by Gasteiger charge is -2.16. The first-order valence-corrected chi connectivity index (χ1v) is 9.40. The van der Waals surface area contributed by atoms with Gasteiger partial charge in [-0.25, -0.2) is 9.67 Å². The van der Waals surface area contributed by atoms with Crippen LogP contribution in [0.5, 0.6) is 5.88 Å². The Morgan fingerprint density at radius 1 is 1.31 bits per heavy atom. The molecule has 0 spiro atoms. The van der Waals surface area contributed by atoms with Gasteiger partial charge in [0.25, 0.3) is 5.91 Å². The Morgan fingerprint density at radius 3 is 2.85 bits per heavy atom. The van der Waals surface area contributed by atoms with Crippen LogP contribution in [0.1, 0.15) is 61.1 Å². The Hall–Kier alpha value is -2.44. The van der Waals surface area contributed by atoms with Crippen molar-refractivity contribution in [2.45, 2.75) is 45.1 Å². The Kier molecular flexibility index (Phi) is 4.61. The molecule has 0 N–H and O–H groups in total. The lowest BCUT2D eigenvalue weighted by atomic mass is 10.2. The first kappa shape index (κ1) is 17.0. The average Bonchev–Trinajstić information content (AvgIpc) is 3.18. The predicted octanol–water partition coefficient (Wildman–Crippen LogP) is 2.67. The maximum Gasteiger partial charge on any atom is 0.255 e. The van der Waals surface area contributed by atoms with E-state index in [1.807, 2.05) is 9.58 Å². The molecule has 3 heterocycles. The molecule has 1 amide bonds. The van der Waals surface area contributed by atoms with Crippen molar-refractivity contribution in [2.75, 3.05) is 19.7 Å². The number of rotatable bonds is 6. The largest absolute Gasteiger partial charge is 0.477 e. The summed E-state index contributed by atoms with van der Waals surface area (Å²) in [5, 5.41) is 8.55. The third-order valence-corrected chi connectivity index (χ3v) is 4.90. The third-order valence-electron chi connectivity index (χ3n) is 4.90. The molecule has 2 fully saturated rings. The monoisotopic (exact) mass is 355 g/mol. The summed E-state index contributed by atoms with van der Waals surface area (Å²) in [5.41, 5.74) is 1.69. The number of pyridine rings is 1. The fourth-order valence-corrected chi connectivity index (χ4v) is 3.20. The van der Waals surface area contributed by atoms with E-state index in [0.29, 0.717) is 36.4 Å². The van der Waals surface area contributed by atoms with Crippen LogP contribution in [0.15, 0.2) is 24.5 Å². The number of aromatic nitrogens is 4. The molecule has 7 heteroatoms. The highest BCUT2D eigenvalue weighted by Gasteiger charge is 2.31. The van der Waals surface area contributed by atoms with Crippen molar-refractivity contribution in [3.8, 4) is 5.88 Å². The van der Waals surface area contributed by atoms with Crippen molar-refractivity contribution in [2.24, 2.45) is 5.92 Å². The zero-order chi connectivity index (χ0) is 18.1. The maximum atomic E-state index is 12.7. The van der Waals surface area contributed by atoms with Crippen LogP contribution in [-0.2, 0) is 0 Å². The van der Waals surface area contributed by atoms with E-state index in [0.717, 1.165) is 18.7 Å². The van der Waals surface area contributed by atoms with E-state index in [4.69, 9.17) is 4.74 Å². The first-order chi connectivity index (χ1) is 12.6. The molecule has 4 rings (SSSR count). The van der Waals surface area contributed by atoms with Crippen LogP contribution in [0.25, 0.3) is 0 Å². The van der Waals surface area contributed by atoms with E-state index < -0.39 is 0 Å². The van der Waals surface area contributed by atoms with Crippen molar-refractivity contribution in [3.05, 3.63) is 35.8 Å². The van der Waals surface area contributed by atoms with Gasteiger partial charge in [0.15, 0.2) is 0 Å². The van der Waals surface area contributed by atoms with Crippen LogP contribution in [0, 0.1) is 5.92 Å². The fraction of sp³-hybridized carbons (Fsp3) is 0.579. The molecule has 1 saturated carbocycles. The average molecular weight is 355 g/mol. The number of hydrogen-bond donors (Lipinski definition) is 0. The molecule has 7 nitrogen and oxygen atoms in total. The highest BCUT2D eigenvalue weighted by molar-refractivity contribution is 5.94. The molecule has 1 atom stereocenters. The Bertz CT molecular complexity index is 766. The van der Waals surface area contributed by atoms with E-state index in [1.165, 1.54) is 12.8 Å². The van der Waals surface area contributed by atoms with Gasteiger partial charge >= 0.3 is 0 Å². The van der Waals surface area contributed by atoms with Crippen molar-refractivity contribution >= 4 is 5.91 Å².